The number of H-pyrrole nitrogens is 1. The molecule has 0 saturated carbocycles. The van der Waals surface area contributed by atoms with E-state index >= 15 is 0 Å². The van der Waals surface area contributed by atoms with Gasteiger partial charge in [-0.3, -0.25) is 4.79 Å². The zero-order valence-corrected chi connectivity index (χ0v) is 10.5. The molecular formula is C12H11N3O2S. The number of fused-ring (bicyclic) bond motifs is 1. The Morgan fingerprint density at radius 1 is 1.44 bits per heavy atom. The second-order valence-corrected chi connectivity index (χ2v) is 4.87. The SMILES string of the molecule is COc1ncc(-c2ccc3c(c2)NC(=O)CS3)[nH]1. The van der Waals surface area contributed by atoms with Gasteiger partial charge in [0.15, 0.2) is 0 Å². The number of amides is 1. The number of nitrogens with zero attached hydrogens (tertiary/aromatic N) is 1. The number of benzene rings is 1. The van der Waals surface area contributed by atoms with E-state index in [2.05, 4.69) is 15.3 Å². The third-order valence-electron chi connectivity index (χ3n) is 2.67. The number of anilines is 1. The minimum absolute atomic E-state index is 0.0341. The molecule has 0 atom stereocenters. The fourth-order valence-corrected chi connectivity index (χ4v) is 2.59. The van der Waals surface area contributed by atoms with Gasteiger partial charge >= 0.3 is 0 Å². The Bertz CT molecular complexity index is 609. The molecule has 0 saturated heterocycles. The van der Waals surface area contributed by atoms with Crippen LogP contribution in [0.1, 0.15) is 0 Å². The standard InChI is InChI=1S/C12H11N3O2S/c1-17-12-13-5-9(15-12)7-2-3-10-8(4-7)14-11(16)6-18-10/h2-5H,6H2,1H3,(H,13,15)(H,14,16). The molecule has 0 unspecified atom stereocenters. The average molecular weight is 261 g/mol. The van der Waals surface area contributed by atoms with Crippen molar-refractivity contribution in [2.24, 2.45) is 0 Å². The lowest BCUT2D eigenvalue weighted by Crippen LogP contribution is -2.18. The van der Waals surface area contributed by atoms with Gasteiger partial charge < -0.3 is 15.0 Å². The van der Waals surface area contributed by atoms with E-state index in [4.69, 9.17) is 4.74 Å². The first kappa shape index (κ1) is 11.2. The number of carbonyl (C=O) groups is 1. The quantitative estimate of drug-likeness (QED) is 0.869. The van der Waals surface area contributed by atoms with Crippen molar-refractivity contribution < 1.29 is 9.53 Å². The maximum absolute atomic E-state index is 11.4. The van der Waals surface area contributed by atoms with E-state index in [9.17, 15) is 4.79 Å². The average Bonchev–Trinajstić information content (AvgIpc) is 2.86. The van der Waals surface area contributed by atoms with E-state index in [0.717, 1.165) is 21.8 Å². The van der Waals surface area contributed by atoms with Crippen molar-refractivity contribution in [2.45, 2.75) is 4.90 Å². The molecule has 0 fully saturated rings. The van der Waals surface area contributed by atoms with Crippen molar-refractivity contribution in [3.8, 4) is 17.3 Å². The summed E-state index contributed by atoms with van der Waals surface area (Å²) < 4.78 is 5.01. The molecule has 6 heteroatoms. The molecule has 92 valence electrons. The zero-order chi connectivity index (χ0) is 12.5. The fourth-order valence-electron chi connectivity index (χ4n) is 1.80. The lowest BCUT2D eigenvalue weighted by Gasteiger charge is -2.16. The molecule has 0 bridgehead atoms. The zero-order valence-electron chi connectivity index (χ0n) is 9.69. The van der Waals surface area contributed by atoms with Crippen LogP contribution in [0.5, 0.6) is 6.01 Å². The Morgan fingerprint density at radius 2 is 2.33 bits per heavy atom. The van der Waals surface area contributed by atoms with E-state index in [1.54, 1.807) is 25.1 Å². The number of rotatable bonds is 2. The summed E-state index contributed by atoms with van der Waals surface area (Å²) in [5.74, 6) is 0.511. The van der Waals surface area contributed by atoms with Crippen molar-refractivity contribution in [1.29, 1.82) is 0 Å². The first-order valence-electron chi connectivity index (χ1n) is 5.42. The number of hydrogen-bond acceptors (Lipinski definition) is 4. The van der Waals surface area contributed by atoms with Gasteiger partial charge in [-0.05, 0) is 12.1 Å². The summed E-state index contributed by atoms with van der Waals surface area (Å²) in [5.41, 5.74) is 2.68. The molecule has 0 spiro atoms. The van der Waals surface area contributed by atoms with Crippen molar-refractivity contribution in [1.82, 2.24) is 9.97 Å². The minimum Gasteiger partial charge on any atom is -0.468 e. The van der Waals surface area contributed by atoms with Crippen LogP contribution in [0.4, 0.5) is 5.69 Å². The Balaban J connectivity index is 1.98. The van der Waals surface area contributed by atoms with Crippen molar-refractivity contribution in [2.75, 3.05) is 18.2 Å². The van der Waals surface area contributed by atoms with Crippen molar-refractivity contribution in [3.05, 3.63) is 24.4 Å². The highest BCUT2D eigenvalue weighted by Gasteiger charge is 2.16. The molecule has 1 amide bonds. The van der Waals surface area contributed by atoms with Crippen LogP contribution in [0.15, 0.2) is 29.3 Å². The van der Waals surface area contributed by atoms with Gasteiger partial charge in [0.2, 0.25) is 5.91 Å². The van der Waals surface area contributed by atoms with Crippen LogP contribution in [0.25, 0.3) is 11.3 Å². The second-order valence-electron chi connectivity index (χ2n) is 3.85. The van der Waals surface area contributed by atoms with E-state index in [1.807, 2.05) is 18.2 Å². The summed E-state index contributed by atoms with van der Waals surface area (Å²) in [7, 11) is 1.56. The molecule has 18 heavy (non-hydrogen) atoms. The molecule has 3 rings (SSSR count). The normalized spacial score (nSPS) is 13.9. The summed E-state index contributed by atoms with van der Waals surface area (Å²) in [6.07, 6.45) is 1.71. The van der Waals surface area contributed by atoms with Gasteiger partial charge in [0, 0.05) is 10.5 Å². The van der Waals surface area contributed by atoms with Crippen LogP contribution >= 0.6 is 11.8 Å². The van der Waals surface area contributed by atoms with Gasteiger partial charge in [0.25, 0.3) is 6.01 Å². The number of carbonyl (C=O) groups excluding carboxylic acids is 1. The number of nitrogens with one attached hydrogen (secondary N) is 2. The predicted octanol–water partition coefficient (Wildman–Crippen LogP) is 2.13. The maximum atomic E-state index is 11.4. The largest absolute Gasteiger partial charge is 0.468 e. The first-order valence-corrected chi connectivity index (χ1v) is 6.41. The number of aromatic nitrogens is 2. The molecule has 2 aromatic rings. The lowest BCUT2D eigenvalue weighted by molar-refractivity contribution is -0.113. The monoisotopic (exact) mass is 261 g/mol. The number of aromatic amines is 1. The summed E-state index contributed by atoms with van der Waals surface area (Å²) in [4.78, 5) is 19.6. The van der Waals surface area contributed by atoms with E-state index < -0.39 is 0 Å². The minimum atomic E-state index is 0.0341. The second kappa shape index (κ2) is 4.38. The fraction of sp³-hybridized carbons (Fsp3) is 0.167. The maximum Gasteiger partial charge on any atom is 0.293 e. The molecule has 1 aliphatic heterocycles. The molecule has 1 aromatic heterocycles. The third-order valence-corrected chi connectivity index (χ3v) is 3.74. The van der Waals surface area contributed by atoms with Crippen LogP contribution in [0.3, 0.4) is 0 Å². The van der Waals surface area contributed by atoms with Gasteiger partial charge in [-0.2, -0.15) is 0 Å². The lowest BCUT2D eigenvalue weighted by atomic mass is 10.1. The Kier molecular flexibility index (Phi) is 2.71. The molecule has 1 aromatic carbocycles. The van der Waals surface area contributed by atoms with Crippen LogP contribution in [-0.4, -0.2) is 28.7 Å². The number of hydrogen-bond donors (Lipinski definition) is 2. The Labute approximate surface area is 108 Å². The third kappa shape index (κ3) is 1.95. The van der Waals surface area contributed by atoms with E-state index in [0.29, 0.717) is 11.8 Å². The molecule has 5 nitrogen and oxygen atoms in total. The van der Waals surface area contributed by atoms with Crippen LogP contribution in [0.2, 0.25) is 0 Å². The molecule has 1 aliphatic rings. The highest BCUT2D eigenvalue weighted by molar-refractivity contribution is 8.00. The Hall–Kier alpha value is -1.95. The van der Waals surface area contributed by atoms with Crippen LogP contribution < -0.4 is 10.1 Å². The van der Waals surface area contributed by atoms with Crippen LogP contribution in [0, 0.1) is 0 Å². The molecule has 0 radical (unpaired) electrons. The predicted molar refractivity (Wildman–Crippen MR) is 69.9 cm³/mol. The number of methoxy groups -OCH3 is 1. The summed E-state index contributed by atoms with van der Waals surface area (Å²) in [6.45, 7) is 0. The van der Waals surface area contributed by atoms with Gasteiger partial charge in [-0.15, -0.1) is 11.8 Å². The smallest absolute Gasteiger partial charge is 0.293 e. The van der Waals surface area contributed by atoms with Gasteiger partial charge in [0.05, 0.1) is 30.4 Å². The summed E-state index contributed by atoms with van der Waals surface area (Å²) in [6, 6.07) is 6.41. The summed E-state index contributed by atoms with van der Waals surface area (Å²) >= 11 is 1.55. The summed E-state index contributed by atoms with van der Waals surface area (Å²) in [5, 5.41) is 2.87. The molecule has 2 N–H and O–H groups in total. The van der Waals surface area contributed by atoms with Crippen molar-refractivity contribution in [3.63, 3.8) is 0 Å². The Morgan fingerprint density at radius 3 is 3.11 bits per heavy atom. The molecule has 0 aliphatic carbocycles. The molecular weight excluding hydrogens is 250 g/mol. The highest BCUT2D eigenvalue weighted by atomic mass is 32.2. The van der Waals surface area contributed by atoms with Crippen LogP contribution in [-0.2, 0) is 4.79 Å². The van der Waals surface area contributed by atoms with Crippen molar-refractivity contribution >= 4 is 23.4 Å². The number of ether oxygens (including phenoxy) is 1. The first-order chi connectivity index (χ1) is 8.76. The number of thioether (sulfide) groups is 1. The highest BCUT2D eigenvalue weighted by Crippen LogP contribution is 2.34. The van der Waals surface area contributed by atoms with Gasteiger partial charge in [-0.1, -0.05) is 6.07 Å². The van der Waals surface area contributed by atoms with E-state index in [1.165, 1.54) is 0 Å². The van der Waals surface area contributed by atoms with Gasteiger partial charge in [0.1, 0.15) is 0 Å². The molecule has 2 heterocycles. The van der Waals surface area contributed by atoms with Gasteiger partial charge in [-0.25, -0.2) is 4.98 Å². The topological polar surface area (TPSA) is 67.0 Å². The number of imidazole rings is 1. The van der Waals surface area contributed by atoms with E-state index in [-0.39, 0.29) is 5.91 Å².